The van der Waals surface area contributed by atoms with E-state index >= 15 is 0 Å². The number of esters is 1. The van der Waals surface area contributed by atoms with Gasteiger partial charge in [0.1, 0.15) is 6.61 Å². The summed E-state index contributed by atoms with van der Waals surface area (Å²) in [6.45, 7) is 0.407. The Morgan fingerprint density at radius 2 is 1.88 bits per heavy atom. The fraction of sp³-hybridized carbons (Fsp3) is 0.533. The minimum atomic E-state index is -0.0549. The van der Waals surface area contributed by atoms with Gasteiger partial charge in [0.25, 0.3) is 0 Å². The van der Waals surface area contributed by atoms with E-state index in [1.54, 1.807) is 0 Å². The normalized spacial score (nSPS) is 16.0. The van der Waals surface area contributed by atoms with Gasteiger partial charge in [-0.1, -0.05) is 56.0 Å². The lowest BCUT2D eigenvalue weighted by Crippen LogP contribution is -2.06. The molecule has 1 aliphatic rings. The molecule has 92 valence electrons. The van der Waals surface area contributed by atoms with Crippen LogP contribution in [0.1, 0.15) is 44.1 Å². The first-order valence-electron chi connectivity index (χ1n) is 6.54. The number of hydrogen-bond donors (Lipinski definition) is 0. The molecule has 1 aromatic carbocycles. The zero-order chi connectivity index (χ0) is 11.9. The lowest BCUT2D eigenvalue weighted by Gasteiger charge is -2.08. The van der Waals surface area contributed by atoms with Crippen LogP contribution in [0.15, 0.2) is 30.3 Å². The highest BCUT2D eigenvalue weighted by atomic mass is 16.5. The molecule has 1 aromatic rings. The molecule has 0 bridgehead atoms. The molecule has 1 aliphatic carbocycles. The van der Waals surface area contributed by atoms with E-state index < -0.39 is 0 Å². The zero-order valence-corrected chi connectivity index (χ0v) is 10.2. The maximum absolute atomic E-state index is 11.6. The molecular formula is C15H20O2. The van der Waals surface area contributed by atoms with Crippen LogP contribution in [0.3, 0.4) is 0 Å². The van der Waals surface area contributed by atoms with Crippen LogP contribution in [0, 0.1) is 5.92 Å². The third kappa shape index (κ3) is 4.22. The second-order valence-electron chi connectivity index (χ2n) is 4.84. The van der Waals surface area contributed by atoms with E-state index in [4.69, 9.17) is 4.74 Å². The summed E-state index contributed by atoms with van der Waals surface area (Å²) < 4.78 is 5.25. The molecule has 2 nitrogen and oxygen atoms in total. The van der Waals surface area contributed by atoms with Gasteiger partial charge in [-0.2, -0.15) is 0 Å². The van der Waals surface area contributed by atoms with Crippen molar-refractivity contribution in [2.24, 2.45) is 5.92 Å². The van der Waals surface area contributed by atoms with E-state index in [0.29, 0.717) is 13.0 Å². The van der Waals surface area contributed by atoms with E-state index in [9.17, 15) is 4.79 Å². The Bertz CT molecular complexity index is 339. The maximum Gasteiger partial charge on any atom is 0.306 e. The van der Waals surface area contributed by atoms with Crippen LogP contribution < -0.4 is 0 Å². The van der Waals surface area contributed by atoms with Crippen molar-refractivity contribution in [1.29, 1.82) is 0 Å². The lowest BCUT2D eigenvalue weighted by molar-refractivity contribution is -0.145. The van der Waals surface area contributed by atoms with Gasteiger partial charge in [0.2, 0.25) is 0 Å². The van der Waals surface area contributed by atoms with Crippen LogP contribution in [-0.4, -0.2) is 5.97 Å². The molecule has 2 heteroatoms. The van der Waals surface area contributed by atoms with Crippen molar-refractivity contribution in [3.05, 3.63) is 35.9 Å². The summed E-state index contributed by atoms with van der Waals surface area (Å²) in [5.74, 6) is 0.708. The van der Waals surface area contributed by atoms with E-state index in [-0.39, 0.29) is 5.97 Å². The fourth-order valence-corrected chi connectivity index (χ4v) is 2.43. The predicted octanol–water partition coefficient (Wildman–Crippen LogP) is 3.70. The van der Waals surface area contributed by atoms with Crippen LogP contribution >= 0.6 is 0 Å². The van der Waals surface area contributed by atoms with Gasteiger partial charge in [0.05, 0.1) is 0 Å². The van der Waals surface area contributed by atoms with Gasteiger partial charge < -0.3 is 4.74 Å². The van der Waals surface area contributed by atoms with Gasteiger partial charge in [-0.3, -0.25) is 4.79 Å². The summed E-state index contributed by atoms with van der Waals surface area (Å²) in [7, 11) is 0. The molecule has 0 N–H and O–H groups in total. The van der Waals surface area contributed by atoms with Crippen molar-refractivity contribution in [3.8, 4) is 0 Å². The van der Waals surface area contributed by atoms with Crippen molar-refractivity contribution >= 4 is 5.97 Å². The SMILES string of the molecule is O=C(CCC1CCCC1)OCc1ccccc1. The molecule has 0 amide bonds. The zero-order valence-electron chi connectivity index (χ0n) is 10.2. The Morgan fingerprint density at radius 1 is 1.18 bits per heavy atom. The minimum absolute atomic E-state index is 0.0549. The van der Waals surface area contributed by atoms with Crippen LogP contribution in [0.4, 0.5) is 0 Å². The Balaban J connectivity index is 1.64. The molecule has 0 radical (unpaired) electrons. The Morgan fingerprint density at radius 3 is 2.59 bits per heavy atom. The molecule has 0 atom stereocenters. The lowest BCUT2D eigenvalue weighted by atomic mass is 10.0. The summed E-state index contributed by atoms with van der Waals surface area (Å²) in [4.78, 5) is 11.6. The number of benzene rings is 1. The van der Waals surface area contributed by atoms with Crippen molar-refractivity contribution in [3.63, 3.8) is 0 Å². The standard InChI is InChI=1S/C15H20O2/c16-15(11-10-13-6-4-5-7-13)17-12-14-8-2-1-3-9-14/h1-3,8-9,13H,4-7,10-12H2. The quantitative estimate of drug-likeness (QED) is 0.723. The number of ether oxygens (including phenoxy) is 1. The van der Waals surface area contributed by atoms with Crippen LogP contribution in [-0.2, 0) is 16.1 Å². The first-order valence-corrected chi connectivity index (χ1v) is 6.54. The average molecular weight is 232 g/mol. The highest BCUT2D eigenvalue weighted by Gasteiger charge is 2.16. The highest BCUT2D eigenvalue weighted by Crippen LogP contribution is 2.28. The molecule has 0 heterocycles. The molecule has 0 aliphatic heterocycles. The van der Waals surface area contributed by atoms with Crippen molar-refractivity contribution in [1.82, 2.24) is 0 Å². The van der Waals surface area contributed by atoms with Crippen LogP contribution in [0.25, 0.3) is 0 Å². The first-order chi connectivity index (χ1) is 8.34. The highest BCUT2D eigenvalue weighted by molar-refractivity contribution is 5.69. The Kier molecular flexibility index (Phi) is 4.60. The molecule has 0 spiro atoms. The Hall–Kier alpha value is -1.31. The monoisotopic (exact) mass is 232 g/mol. The van der Waals surface area contributed by atoms with Crippen molar-refractivity contribution in [2.45, 2.75) is 45.1 Å². The van der Waals surface area contributed by atoms with Gasteiger partial charge >= 0.3 is 5.97 Å². The molecule has 0 aromatic heterocycles. The van der Waals surface area contributed by atoms with Gasteiger partial charge in [-0.25, -0.2) is 0 Å². The van der Waals surface area contributed by atoms with E-state index in [0.717, 1.165) is 17.9 Å². The summed E-state index contributed by atoms with van der Waals surface area (Å²) in [6, 6.07) is 9.84. The maximum atomic E-state index is 11.6. The Labute approximate surface area is 103 Å². The van der Waals surface area contributed by atoms with Crippen molar-refractivity contribution < 1.29 is 9.53 Å². The van der Waals surface area contributed by atoms with Crippen LogP contribution in [0.2, 0.25) is 0 Å². The van der Waals surface area contributed by atoms with Gasteiger partial charge in [-0.15, -0.1) is 0 Å². The number of hydrogen-bond acceptors (Lipinski definition) is 2. The fourth-order valence-electron chi connectivity index (χ4n) is 2.43. The van der Waals surface area contributed by atoms with Gasteiger partial charge in [0, 0.05) is 6.42 Å². The molecule has 1 saturated carbocycles. The summed E-state index contributed by atoms with van der Waals surface area (Å²) >= 11 is 0. The molecule has 2 rings (SSSR count). The summed E-state index contributed by atoms with van der Waals surface area (Å²) in [5.41, 5.74) is 1.06. The topological polar surface area (TPSA) is 26.3 Å². The second-order valence-corrected chi connectivity index (χ2v) is 4.84. The van der Waals surface area contributed by atoms with E-state index in [1.807, 2.05) is 30.3 Å². The van der Waals surface area contributed by atoms with Gasteiger partial charge in [-0.05, 0) is 17.9 Å². The molecule has 17 heavy (non-hydrogen) atoms. The number of rotatable bonds is 5. The first kappa shape index (κ1) is 12.2. The molecular weight excluding hydrogens is 212 g/mol. The minimum Gasteiger partial charge on any atom is -0.461 e. The van der Waals surface area contributed by atoms with Crippen LogP contribution in [0.5, 0.6) is 0 Å². The summed E-state index contributed by atoms with van der Waals surface area (Å²) in [5, 5.41) is 0. The number of carbonyl (C=O) groups excluding carboxylic acids is 1. The number of carbonyl (C=O) groups is 1. The van der Waals surface area contributed by atoms with E-state index in [1.165, 1.54) is 25.7 Å². The smallest absolute Gasteiger partial charge is 0.306 e. The molecule has 1 fully saturated rings. The summed E-state index contributed by atoms with van der Waals surface area (Å²) in [6.07, 6.45) is 6.86. The molecule has 0 saturated heterocycles. The van der Waals surface area contributed by atoms with Crippen molar-refractivity contribution in [2.75, 3.05) is 0 Å². The second kappa shape index (κ2) is 6.43. The van der Waals surface area contributed by atoms with E-state index in [2.05, 4.69) is 0 Å². The third-order valence-electron chi connectivity index (χ3n) is 3.47. The average Bonchev–Trinajstić information content (AvgIpc) is 2.88. The van der Waals surface area contributed by atoms with Gasteiger partial charge in [0.15, 0.2) is 0 Å². The largest absolute Gasteiger partial charge is 0.461 e. The molecule has 0 unspecified atom stereocenters. The predicted molar refractivity (Wildman–Crippen MR) is 67.4 cm³/mol. The third-order valence-corrected chi connectivity index (χ3v) is 3.47.